The molecule has 0 radical (unpaired) electrons. The third-order valence-electron chi connectivity index (χ3n) is 4.46. The Labute approximate surface area is 126 Å². The molecule has 0 spiro atoms. The topological polar surface area (TPSA) is 69.7 Å². The van der Waals surface area contributed by atoms with E-state index in [0.29, 0.717) is 19.0 Å². The van der Waals surface area contributed by atoms with E-state index >= 15 is 0 Å². The largest absolute Gasteiger partial charge is 0.334 e. The molecule has 2 unspecified atom stereocenters. The Kier molecular flexibility index (Phi) is 4.94. The fourth-order valence-electron chi connectivity index (χ4n) is 3.49. The van der Waals surface area contributed by atoms with Crippen LogP contribution in [0.5, 0.6) is 0 Å². The highest BCUT2D eigenvalue weighted by molar-refractivity contribution is 7.89. The van der Waals surface area contributed by atoms with Crippen molar-refractivity contribution in [3.05, 3.63) is 0 Å². The maximum absolute atomic E-state index is 12.4. The SMILES string of the molecule is Cl.O=C(CN1CCCS1(=O)=O)N1C2CCNCC1CC2. The monoisotopic (exact) mass is 323 g/mol. The molecule has 0 aromatic rings. The third kappa shape index (κ3) is 2.95. The summed E-state index contributed by atoms with van der Waals surface area (Å²) in [5.41, 5.74) is 0. The van der Waals surface area contributed by atoms with E-state index in [9.17, 15) is 13.2 Å². The van der Waals surface area contributed by atoms with Crippen LogP contribution < -0.4 is 5.32 Å². The molecule has 0 saturated carbocycles. The van der Waals surface area contributed by atoms with Gasteiger partial charge in [-0.2, -0.15) is 4.31 Å². The van der Waals surface area contributed by atoms with Crippen molar-refractivity contribution in [1.82, 2.24) is 14.5 Å². The van der Waals surface area contributed by atoms with E-state index in [1.54, 1.807) is 0 Å². The molecule has 6 nitrogen and oxygen atoms in total. The predicted octanol–water partition coefficient (Wildman–Crippen LogP) is -0.203. The molecule has 2 atom stereocenters. The van der Waals surface area contributed by atoms with Gasteiger partial charge in [0.05, 0.1) is 12.3 Å². The van der Waals surface area contributed by atoms with E-state index in [0.717, 1.165) is 32.4 Å². The van der Waals surface area contributed by atoms with Crippen LogP contribution >= 0.6 is 12.4 Å². The first kappa shape index (κ1) is 16.0. The van der Waals surface area contributed by atoms with Crippen molar-refractivity contribution in [2.24, 2.45) is 0 Å². The van der Waals surface area contributed by atoms with Gasteiger partial charge in [0, 0.05) is 25.2 Å². The molecule has 0 aliphatic carbocycles. The number of hydrogen-bond acceptors (Lipinski definition) is 4. The molecule has 20 heavy (non-hydrogen) atoms. The van der Waals surface area contributed by atoms with Crippen molar-refractivity contribution in [3.63, 3.8) is 0 Å². The maximum atomic E-state index is 12.4. The third-order valence-corrected chi connectivity index (χ3v) is 6.36. The minimum Gasteiger partial charge on any atom is -0.334 e. The predicted molar refractivity (Wildman–Crippen MR) is 78.4 cm³/mol. The fraction of sp³-hybridized carbons (Fsp3) is 0.917. The molecule has 3 saturated heterocycles. The average Bonchev–Trinajstić information content (AvgIpc) is 2.78. The standard InChI is InChI=1S/C12H21N3O3S.ClH/c16-12(9-14-6-1-7-19(14,17)18)15-10-2-3-11(15)8-13-5-4-10;/h10-11,13H,1-9H2;1H. The van der Waals surface area contributed by atoms with Crippen molar-refractivity contribution in [2.75, 3.05) is 31.9 Å². The first-order valence-corrected chi connectivity index (χ1v) is 8.68. The quantitative estimate of drug-likeness (QED) is 0.764. The molecule has 3 aliphatic heterocycles. The number of carbonyl (C=O) groups excluding carboxylic acids is 1. The molecular weight excluding hydrogens is 302 g/mol. The number of hydrogen-bond donors (Lipinski definition) is 1. The molecule has 8 heteroatoms. The molecular formula is C12H22ClN3O3S. The first-order valence-electron chi connectivity index (χ1n) is 7.07. The average molecular weight is 324 g/mol. The number of nitrogens with zero attached hydrogens (tertiary/aromatic N) is 2. The molecule has 2 bridgehead atoms. The van der Waals surface area contributed by atoms with Crippen LogP contribution in [-0.4, -0.2) is 67.5 Å². The van der Waals surface area contributed by atoms with E-state index in [-0.39, 0.29) is 36.7 Å². The summed E-state index contributed by atoms with van der Waals surface area (Å²) in [4.78, 5) is 14.4. The van der Waals surface area contributed by atoms with Crippen LogP contribution in [0.15, 0.2) is 0 Å². The van der Waals surface area contributed by atoms with Gasteiger partial charge in [0.1, 0.15) is 0 Å². The Hall–Kier alpha value is -0.370. The molecule has 3 heterocycles. The zero-order valence-electron chi connectivity index (χ0n) is 11.5. The molecule has 3 aliphatic rings. The van der Waals surface area contributed by atoms with Gasteiger partial charge in [-0.25, -0.2) is 8.42 Å². The van der Waals surface area contributed by atoms with Gasteiger partial charge in [-0.15, -0.1) is 12.4 Å². The fourth-order valence-corrected chi connectivity index (χ4v) is 4.96. The van der Waals surface area contributed by atoms with Crippen molar-refractivity contribution in [3.8, 4) is 0 Å². The Balaban J connectivity index is 0.00000147. The Morgan fingerprint density at radius 1 is 1.20 bits per heavy atom. The van der Waals surface area contributed by atoms with Crippen LogP contribution in [0.1, 0.15) is 25.7 Å². The second-order valence-electron chi connectivity index (χ2n) is 5.68. The number of carbonyl (C=O) groups is 1. The summed E-state index contributed by atoms with van der Waals surface area (Å²) in [5, 5.41) is 3.35. The number of halogens is 1. The van der Waals surface area contributed by atoms with Crippen molar-refractivity contribution in [2.45, 2.75) is 37.8 Å². The lowest BCUT2D eigenvalue weighted by Crippen LogP contribution is -2.47. The second kappa shape index (κ2) is 6.17. The molecule has 1 N–H and O–H groups in total. The zero-order valence-corrected chi connectivity index (χ0v) is 13.1. The van der Waals surface area contributed by atoms with Crippen molar-refractivity contribution >= 4 is 28.3 Å². The number of amides is 1. The number of rotatable bonds is 2. The van der Waals surface area contributed by atoms with E-state index in [4.69, 9.17) is 0 Å². The summed E-state index contributed by atoms with van der Waals surface area (Å²) in [6.45, 7) is 2.33. The summed E-state index contributed by atoms with van der Waals surface area (Å²) < 4.78 is 24.9. The van der Waals surface area contributed by atoms with Gasteiger partial charge in [-0.3, -0.25) is 4.79 Å². The van der Waals surface area contributed by atoms with Crippen molar-refractivity contribution < 1.29 is 13.2 Å². The molecule has 3 fully saturated rings. The highest BCUT2D eigenvalue weighted by Crippen LogP contribution is 2.28. The van der Waals surface area contributed by atoms with Crippen LogP contribution in [0.3, 0.4) is 0 Å². The van der Waals surface area contributed by atoms with E-state index < -0.39 is 10.0 Å². The van der Waals surface area contributed by atoms with E-state index in [2.05, 4.69) is 5.32 Å². The zero-order chi connectivity index (χ0) is 13.5. The molecule has 0 aromatic carbocycles. The minimum atomic E-state index is -3.17. The van der Waals surface area contributed by atoms with E-state index in [1.807, 2.05) is 4.90 Å². The van der Waals surface area contributed by atoms with Gasteiger partial charge in [-0.05, 0) is 32.2 Å². The number of nitrogens with one attached hydrogen (secondary N) is 1. The lowest BCUT2D eigenvalue weighted by molar-refractivity contribution is -0.133. The Bertz CT molecular complexity index is 457. The molecule has 3 rings (SSSR count). The first-order chi connectivity index (χ1) is 9.08. The summed E-state index contributed by atoms with van der Waals surface area (Å²) in [7, 11) is -3.17. The summed E-state index contributed by atoms with van der Waals surface area (Å²) >= 11 is 0. The Morgan fingerprint density at radius 2 is 1.95 bits per heavy atom. The normalized spacial score (nSPS) is 32.7. The Morgan fingerprint density at radius 3 is 2.65 bits per heavy atom. The minimum absolute atomic E-state index is 0. The van der Waals surface area contributed by atoms with Gasteiger partial charge in [0.15, 0.2) is 0 Å². The maximum Gasteiger partial charge on any atom is 0.238 e. The van der Waals surface area contributed by atoms with Crippen molar-refractivity contribution in [1.29, 1.82) is 0 Å². The summed E-state index contributed by atoms with van der Waals surface area (Å²) in [6, 6.07) is 0.558. The summed E-state index contributed by atoms with van der Waals surface area (Å²) in [5.74, 6) is 0.177. The van der Waals surface area contributed by atoms with Gasteiger partial charge < -0.3 is 10.2 Å². The number of sulfonamides is 1. The van der Waals surface area contributed by atoms with Gasteiger partial charge in [-0.1, -0.05) is 0 Å². The summed E-state index contributed by atoms with van der Waals surface area (Å²) in [6.07, 6.45) is 3.72. The van der Waals surface area contributed by atoms with E-state index in [1.165, 1.54) is 4.31 Å². The van der Waals surface area contributed by atoms with Gasteiger partial charge in [0.25, 0.3) is 0 Å². The van der Waals surface area contributed by atoms with Gasteiger partial charge >= 0.3 is 0 Å². The van der Waals surface area contributed by atoms with Crippen LogP contribution in [0, 0.1) is 0 Å². The van der Waals surface area contributed by atoms with Gasteiger partial charge in [0.2, 0.25) is 15.9 Å². The molecule has 116 valence electrons. The highest BCUT2D eigenvalue weighted by atomic mass is 35.5. The molecule has 0 aromatic heterocycles. The second-order valence-corrected chi connectivity index (χ2v) is 7.77. The van der Waals surface area contributed by atoms with Crippen LogP contribution in [-0.2, 0) is 14.8 Å². The molecule has 1 amide bonds. The van der Waals surface area contributed by atoms with Crippen LogP contribution in [0.4, 0.5) is 0 Å². The lowest BCUT2D eigenvalue weighted by Gasteiger charge is -2.29. The highest BCUT2D eigenvalue weighted by Gasteiger charge is 2.40. The lowest BCUT2D eigenvalue weighted by atomic mass is 10.1. The van der Waals surface area contributed by atoms with Crippen LogP contribution in [0.25, 0.3) is 0 Å². The van der Waals surface area contributed by atoms with Crippen LogP contribution in [0.2, 0.25) is 0 Å². The number of fused-ring (bicyclic) bond motifs is 2. The smallest absolute Gasteiger partial charge is 0.238 e.